The number of aliphatic imine (C=N–C) groups is 1. The van der Waals surface area contributed by atoms with Crippen LogP contribution in [0.25, 0.3) is 0 Å². The first-order valence-electron chi connectivity index (χ1n) is 8.26. The highest BCUT2D eigenvalue weighted by Crippen LogP contribution is 2.37. The van der Waals surface area contributed by atoms with Gasteiger partial charge in [-0.25, -0.2) is 4.99 Å². The van der Waals surface area contributed by atoms with Gasteiger partial charge < -0.3 is 0 Å². The highest BCUT2D eigenvalue weighted by molar-refractivity contribution is 8.14. The van der Waals surface area contributed by atoms with E-state index in [9.17, 15) is 14.9 Å². The van der Waals surface area contributed by atoms with Crippen LogP contribution in [0.4, 0.5) is 11.4 Å². The molecule has 0 atom stereocenters. The lowest BCUT2D eigenvalue weighted by atomic mass is 10.0. The topological polar surface area (TPSA) is 75.8 Å². The molecule has 8 heteroatoms. The van der Waals surface area contributed by atoms with Crippen molar-refractivity contribution in [3.63, 3.8) is 0 Å². The van der Waals surface area contributed by atoms with Crippen LogP contribution in [-0.4, -0.2) is 32.2 Å². The Morgan fingerprint density at radius 2 is 2.00 bits per heavy atom. The Labute approximate surface area is 166 Å². The van der Waals surface area contributed by atoms with Crippen LogP contribution in [-0.2, 0) is 0 Å². The number of rotatable bonds is 3. The second kappa shape index (κ2) is 7.32. The third-order valence-corrected chi connectivity index (χ3v) is 5.98. The molecule has 0 bridgehead atoms. The molecule has 6 nitrogen and oxygen atoms in total. The van der Waals surface area contributed by atoms with E-state index in [4.69, 9.17) is 16.6 Å². The first kappa shape index (κ1) is 19.4. The fourth-order valence-corrected chi connectivity index (χ4v) is 4.27. The maximum atomic E-state index is 13.2. The maximum Gasteiger partial charge on any atom is 0.270 e. The fourth-order valence-electron chi connectivity index (χ4n) is 2.78. The minimum atomic E-state index is -0.541. The van der Waals surface area contributed by atoms with E-state index in [1.807, 2.05) is 45.0 Å². The van der Waals surface area contributed by atoms with Crippen molar-refractivity contribution in [2.45, 2.75) is 26.3 Å². The molecular weight excluding hydrogens is 386 g/mol. The van der Waals surface area contributed by atoms with Crippen LogP contribution in [0.3, 0.4) is 0 Å². The summed E-state index contributed by atoms with van der Waals surface area (Å²) in [4.78, 5) is 29.9. The van der Waals surface area contributed by atoms with Crippen LogP contribution < -0.4 is 0 Å². The van der Waals surface area contributed by atoms with E-state index in [0.29, 0.717) is 10.9 Å². The van der Waals surface area contributed by atoms with E-state index in [-0.39, 0.29) is 22.2 Å². The van der Waals surface area contributed by atoms with Gasteiger partial charge >= 0.3 is 0 Å². The maximum absolute atomic E-state index is 13.2. The number of carbonyl (C=O) groups is 1. The van der Waals surface area contributed by atoms with Gasteiger partial charge in [-0.05, 0) is 38.5 Å². The Balaban J connectivity index is 2.02. The number of hydrogen-bond donors (Lipinski definition) is 0. The molecule has 2 aromatic carbocycles. The summed E-state index contributed by atoms with van der Waals surface area (Å²) < 4.78 is 0. The molecule has 1 aliphatic heterocycles. The van der Waals surface area contributed by atoms with Gasteiger partial charge in [0.1, 0.15) is 0 Å². The van der Waals surface area contributed by atoms with E-state index in [0.717, 1.165) is 11.3 Å². The average Bonchev–Trinajstić information content (AvgIpc) is 2.90. The molecule has 1 aliphatic rings. The molecule has 1 heterocycles. The van der Waals surface area contributed by atoms with Gasteiger partial charge in [0.25, 0.3) is 11.6 Å². The SMILES string of the molecule is Cc1ccccc1N=C1SCC(C)(C)N1C(=O)c1ccc([N+](=O)[O-])cc1Cl. The lowest BCUT2D eigenvalue weighted by Crippen LogP contribution is -2.46. The number of hydrogen-bond acceptors (Lipinski definition) is 5. The van der Waals surface area contributed by atoms with Crippen LogP contribution >= 0.6 is 23.4 Å². The Hall–Kier alpha value is -2.38. The number of aryl methyl sites for hydroxylation is 1. The number of amides is 1. The van der Waals surface area contributed by atoms with Crippen molar-refractivity contribution in [2.24, 2.45) is 4.99 Å². The summed E-state index contributed by atoms with van der Waals surface area (Å²) in [6, 6.07) is 11.6. The van der Waals surface area contributed by atoms with Gasteiger partial charge in [0.15, 0.2) is 5.17 Å². The lowest BCUT2D eigenvalue weighted by molar-refractivity contribution is -0.384. The third kappa shape index (κ3) is 3.84. The Kier molecular flexibility index (Phi) is 5.26. The minimum absolute atomic E-state index is 0.0529. The number of benzene rings is 2. The third-order valence-electron chi connectivity index (χ3n) is 4.28. The molecule has 0 radical (unpaired) electrons. The van der Waals surface area contributed by atoms with E-state index >= 15 is 0 Å². The van der Waals surface area contributed by atoms with Crippen LogP contribution in [0.2, 0.25) is 5.02 Å². The van der Waals surface area contributed by atoms with Gasteiger partial charge in [-0.3, -0.25) is 19.8 Å². The molecule has 0 aromatic heterocycles. The zero-order valence-electron chi connectivity index (χ0n) is 15.1. The van der Waals surface area contributed by atoms with E-state index < -0.39 is 10.5 Å². The van der Waals surface area contributed by atoms with Crippen LogP contribution in [0.5, 0.6) is 0 Å². The van der Waals surface area contributed by atoms with Crippen molar-refractivity contribution < 1.29 is 9.72 Å². The summed E-state index contributed by atoms with van der Waals surface area (Å²) in [5, 5.41) is 11.6. The van der Waals surface area contributed by atoms with Crippen molar-refractivity contribution in [3.05, 3.63) is 68.7 Å². The van der Waals surface area contributed by atoms with E-state index in [1.54, 1.807) is 4.90 Å². The first-order valence-corrected chi connectivity index (χ1v) is 9.63. The minimum Gasteiger partial charge on any atom is -0.281 e. The van der Waals surface area contributed by atoms with Crippen molar-refractivity contribution in [1.82, 2.24) is 4.90 Å². The van der Waals surface area contributed by atoms with E-state index in [2.05, 4.69) is 0 Å². The molecule has 2 aromatic rings. The number of nitro benzene ring substituents is 1. The summed E-state index contributed by atoms with van der Waals surface area (Å²) >= 11 is 7.68. The van der Waals surface area contributed by atoms with Gasteiger partial charge in [0, 0.05) is 17.9 Å². The predicted octanol–water partition coefficient (Wildman–Crippen LogP) is 5.21. The van der Waals surface area contributed by atoms with Crippen molar-refractivity contribution in [3.8, 4) is 0 Å². The Bertz CT molecular complexity index is 959. The number of para-hydroxylation sites is 1. The second-order valence-corrected chi connectivity index (χ2v) is 8.19. The fraction of sp³-hybridized carbons (Fsp3) is 0.263. The number of amidine groups is 1. The van der Waals surface area contributed by atoms with Crippen molar-refractivity contribution in [1.29, 1.82) is 0 Å². The zero-order chi connectivity index (χ0) is 19.8. The summed E-state index contributed by atoms with van der Waals surface area (Å²) in [5.74, 6) is 0.367. The second-order valence-electron chi connectivity index (χ2n) is 6.84. The molecule has 1 amide bonds. The molecule has 140 valence electrons. The number of non-ortho nitro benzene ring substituents is 1. The lowest BCUT2D eigenvalue weighted by Gasteiger charge is -2.30. The Morgan fingerprint density at radius 1 is 1.30 bits per heavy atom. The van der Waals surface area contributed by atoms with Crippen LogP contribution in [0.15, 0.2) is 47.5 Å². The van der Waals surface area contributed by atoms with Gasteiger partial charge in [-0.15, -0.1) is 0 Å². The molecule has 3 rings (SSSR count). The molecule has 0 spiro atoms. The normalized spacial score (nSPS) is 17.3. The quantitative estimate of drug-likeness (QED) is 0.520. The Morgan fingerprint density at radius 3 is 2.63 bits per heavy atom. The molecule has 27 heavy (non-hydrogen) atoms. The van der Waals surface area contributed by atoms with Crippen LogP contribution in [0, 0.1) is 17.0 Å². The molecule has 0 aliphatic carbocycles. The average molecular weight is 404 g/mol. The van der Waals surface area contributed by atoms with Gasteiger partial charge in [0.05, 0.1) is 26.7 Å². The van der Waals surface area contributed by atoms with Gasteiger partial charge in [-0.1, -0.05) is 41.6 Å². The van der Waals surface area contributed by atoms with Crippen molar-refractivity contribution in [2.75, 3.05) is 5.75 Å². The van der Waals surface area contributed by atoms with Crippen LogP contribution in [0.1, 0.15) is 29.8 Å². The highest BCUT2D eigenvalue weighted by Gasteiger charge is 2.42. The standard InChI is InChI=1S/C19H18ClN3O3S/c1-12-6-4-5-7-16(12)21-18-22(19(2,3)11-27-18)17(24)14-9-8-13(23(25)26)10-15(14)20/h4-10H,11H2,1-3H3. The van der Waals surface area contributed by atoms with Gasteiger partial charge in [-0.2, -0.15) is 0 Å². The molecule has 0 N–H and O–H groups in total. The molecular formula is C19H18ClN3O3S. The number of carbonyl (C=O) groups excluding carboxylic acids is 1. The number of nitrogens with zero attached hydrogens (tertiary/aromatic N) is 3. The predicted molar refractivity (Wildman–Crippen MR) is 109 cm³/mol. The zero-order valence-corrected chi connectivity index (χ0v) is 16.7. The summed E-state index contributed by atoms with van der Waals surface area (Å²) in [6.07, 6.45) is 0. The monoisotopic (exact) mass is 403 g/mol. The summed E-state index contributed by atoms with van der Waals surface area (Å²) in [5.41, 5.74) is 1.41. The summed E-state index contributed by atoms with van der Waals surface area (Å²) in [7, 11) is 0. The molecule has 1 fully saturated rings. The molecule has 0 unspecified atom stereocenters. The summed E-state index contributed by atoms with van der Waals surface area (Å²) in [6.45, 7) is 5.87. The molecule has 0 saturated carbocycles. The first-order chi connectivity index (χ1) is 12.7. The van der Waals surface area contributed by atoms with Gasteiger partial charge in [0.2, 0.25) is 0 Å². The largest absolute Gasteiger partial charge is 0.281 e. The smallest absolute Gasteiger partial charge is 0.270 e. The van der Waals surface area contributed by atoms with Crippen molar-refractivity contribution >= 4 is 45.8 Å². The molecule has 1 saturated heterocycles. The highest BCUT2D eigenvalue weighted by atomic mass is 35.5. The van der Waals surface area contributed by atoms with E-state index in [1.165, 1.54) is 30.0 Å². The number of halogens is 1. The number of thioether (sulfide) groups is 1. The number of nitro groups is 1.